The molecule has 72 valence electrons. The van der Waals surface area contributed by atoms with E-state index in [1.165, 1.54) is 12.1 Å². The Morgan fingerprint density at radius 2 is 2.14 bits per heavy atom. The molecule has 0 atom stereocenters. The average Bonchev–Trinajstić information content (AvgIpc) is 2.14. The number of hydrogen-bond donors (Lipinski definition) is 0. The second kappa shape index (κ2) is 3.48. The number of nitrogens with zero attached hydrogens (tertiary/aromatic N) is 1. The molecule has 14 heavy (non-hydrogen) atoms. The molecule has 0 spiro atoms. The Morgan fingerprint density at radius 1 is 1.43 bits per heavy atom. The van der Waals surface area contributed by atoms with Crippen molar-refractivity contribution in [2.75, 3.05) is 0 Å². The van der Waals surface area contributed by atoms with Crippen molar-refractivity contribution in [2.45, 2.75) is 6.92 Å². The maximum absolute atomic E-state index is 12.9. The highest BCUT2D eigenvalue weighted by Crippen LogP contribution is 2.32. The molecule has 0 bridgehead atoms. The summed E-state index contributed by atoms with van der Waals surface area (Å²) in [5, 5.41) is 1.33. The average molecular weight is 275 g/mol. The van der Waals surface area contributed by atoms with E-state index < -0.39 is 0 Å². The lowest BCUT2D eigenvalue weighted by Crippen LogP contribution is -1.88. The van der Waals surface area contributed by atoms with Crippen molar-refractivity contribution < 1.29 is 4.39 Å². The van der Waals surface area contributed by atoms with Crippen molar-refractivity contribution in [1.29, 1.82) is 0 Å². The van der Waals surface area contributed by atoms with Crippen molar-refractivity contribution >= 4 is 38.4 Å². The van der Waals surface area contributed by atoms with Crippen LogP contribution in [0.25, 0.3) is 10.9 Å². The van der Waals surface area contributed by atoms with Crippen LogP contribution < -0.4 is 0 Å². The van der Waals surface area contributed by atoms with Crippen LogP contribution in [-0.2, 0) is 0 Å². The third kappa shape index (κ3) is 1.51. The summed E-state index contributed by atoms with van der Waals surface area (Å²) in [4.78, 5) is 4.23. The maximum Gasteiger partial charge on any atom is 0.125 e. The standard InChI is InChI=1S/C10H6BrClFN/c1-5-9(11)10(12)7-3-2-6(13)4-8(7)14-5/h2-4H,1H3. The Morgan fingerprint density at radius 3 is 2.86 bits per heavy atom. The number of benzene rings is 1. The summed E-state index contributed by atoms with van der Waals surface area (Å²) < 4.78 is 13.7. The molecule has 0 aliphatic carbocycles. The number of halogens is 3. The zero-order valence-electron chi connectivity index (χ0n) is 7.31. The van der Waals surface area contributed by atoms with E-state index >= 15 is 0 Å². The lowest BCUT2D eigenvalue weighted by Gasteiger charge is -2.05. The summed E-state index contributed by atoms with van der Waals surface area (Å²) in [5.41, 5.74) is 1.34. The predicted molar refractivity (Wildman–Crippen MR) is 59.1 cm³/mol. The SMILES string of the molecule is Cc1nc2cc(F)ccc2c(Cl)c1Br. The van der Waals surface area contributed by atoms with Crippen LogP contribution in [0.1, 0.15) is 5.69 Å². The molecule has 4 heteroatoms. The number of rotatable bonds is 0. The van der Waals surface area contributed by atoms with Gasteiger partial charge in [-0.2, -0.15) is 0 Å². The first kappa shape index (κ1) is 9.87. The highest BCUT2D eigenvalue weighted by Gasteiger charge is 2.08. The first-order chi connectivity index (χ1) is 6.59. The minimum absolute atomic E-state index is 0.303. The molecule has 1 aromatic carbocycles. The van der Waals surface area contributed by atoms with Crippen LogP contribution in [0.4, 0.5) is 4.39 Å². The van der Waals surface area contributed by atoms with Crippen LogP contribution in [0.15, 0.2) is 22.7 Å². The first-order valence-corrected chi connectivity index (χ1v) is 5.17. The Bertz CT molecular complexity index is 513. The molecule has 0 N–H and O–H groups in total. The van der Waals surface area contributed by atoms with Gasteiger partial charge >= 0.3 is 0 Å². The lowest BCUT2D eigenvalue weighted by atomic mass is 10.2. The molecular formula is C10H6BrClFN. The van der Waals surface area contributed by atoms with E-state index in [2.05, 4.69) is 20.9 Å². The fourth-order valence-corrected chi connectivity index (χ4v) is 1.89. The Labute approximate surface area is 94.0 Å². The molecular weight excluding hydrogens is 268 g/mol. The molecule has 0 radical (unpaired) electrons. The smallest absolute Gasteiger partial charge is 0.125 e. The minimum Gasteiger partial charge on any atom is -0.252 e. The highest BCUT2D eigenvalue weighted by molar-refractivity contribution is 9.10. The van der Waals surface area contributed by atoms with Crippen molar-refractivity contribution in [3.63, 3.8) is 0 Å². The second-order valence-electron chi connectivity index (χ2n) is 2.99. The van der Waals surface area contributed by atoms with Gasteiger partial charge in [-0.05, 0) is 35.0 Å². The molecule has 0 aliphatic rings. The number of aryl methyl sites for hydroxylation is 1. The molecule has 0 amide bonds. The summed E-state index contributed by atoms with van der Waals surface area (Å²) in [5.74, 6) is -0.303. The maximum atomic E-state index is 12.9. The van der Waals surface area contributed by atoms with Crippen LogP contribution in [0, 0.1) is 12.7 Å². The number of hydrogen-bond acceptors (Lipinski definition) is 1. The van der Waals surface area contributed by atoms with E-state index in [0.29, 0.717) is 10.5 Å². The van der Waals surface area contributed by atoms with E-state index in [-0.39, 0.29) is 5.82 Å². The zero-order chi connectivity index (χ0) is 10.3. The summed E-state index contributed by atoms with van der Waals surface area (Å²) in [6.45, 7) is 1.82. The number of fused-ring (bicyclic) bond motifs is 1. The zero-order valence-corrected chi connectivity index (χ0v) is 9.66. The summed E-state index contributed by atoms with van der Waals surface area (Å²) in [7, 11) is 0. The van der Waals surface area contributed by atoms with Crippen LogP contribution >= 0.6 is 27.5 Å². The van der Waals surface area contributed by atoms with Gasteiger partial charge in [-0.25, -0.2) is 4.39 Å². The van der Waals surface area contributed by atoms with Crippen molar-refractivity contribution in [1.82, 2.24) is 4.98 Å². The summed E-state index contributed by atoms with van der Waals surface area (Å²) in [6.07, 6.45) is 0. The van der Waals surface area contributed by atoms with Gasteiger partial charge in [-0.1, -0.05) is 11.6 Å². The first-order valence-electron chi connectivity index (χ1n) is 4.00. The molecule has 0 saturated carbocycles. The van der Waals surface area contributed by atoms with E-state index in [9.17, 15) is 4.39 Å². The molecule has 1 aromatic heterocycles. The van der Waals surface area contributed by atoms with E-state index in [1.54, 1.807) is 6.07 Å². The number of aromatic nitrogens is 1. The Kier molecular flexibility index (Phi) is 2.45. The summed E-state index contributed by atoms with van der Waals surface area (Å²) in [6, 6.07) is 4.38. The second-order valence-corrected chi connectivity index (χ2v) is 4.16. The highest BCUT2D eigenvalue weighted by atomic mass is 79.9. The molecule has 0 fully saturated rings. The van der Waals surface area contributed by atoms with Crippen molar-refractivity contribution in [3.8, 4) is 0 Å². The summed E-state index contributed by atoms with van der Waals surface area (Å²) >= 11 is 9.40. The fourth-order valence-electron chi connectivity index (χ4n) is 1.29. The van der Waals surface area contributed by atoms with Gasteiger partial charge in [0.15, 0.2) is 0 Å². The molecule has 2 aromatic rings. The van der Waals surface area contributed by atoms with Gasteiger partial charge < -0.3 is 0 Å². The lowest BCUT2D eigenvalue weighted by molar-refractivity contribution is 0.629. The molecule has 0 unspecified atom stereocenters. The minimum atomic E-state index is -0.303. The number of pyridine rings is 1. The molecule has 1 nitrogen and oxygen atoms in total. The van der Waals surface area contributed by atoms with Gasteiger partial charge in [0.2, 0.25) is 0 Å². The van der Waals surface area contributed by atoms with Crippen molar-refractivity contribution in [3.05, 3.63) is 39.2 Å². The Hall–Kier alpha value is -0.670. The van der Waals surface area contributed by atoms with Crippen LogP contribution in [0.3, 0.4) is 0 Å². The Balaban J connectivity index is 2.91. The van der Waals surface area contributed by atoms with Gasteiger partial charge in [-0.15, -0.1) is 0 Å². The molecule has 0 aliphatic heterocycles. The normalized spacial score (nSPS) is 10.9. The van der Waals surface area contributed by atoms with Crippen LogP contribution in [0.5, 0.6) is 0 Å². The molecule has 0 saturated heterocycles. The van der Waals surface area contributed by atoms with E-state index in [0.717, 1.165) is 15.6 Å². The van der Waals surface area contributed by atoms with Crippen LogP contribution in [-0.4, -0.2) is 4.98 Å². The van der Waals surface area contributed by atoms with Crippen LogP contribution in [0.2, 0.25) is 5.02 Å². The van der Waals surface area contributed by atoms with Gasteiger partial charge in [0, 0.05) is 11.5 Å². The van der Waals surface area contributed by atoms with Crippen molar-refractivity contribution in [2.24, 2.45) is 0 Å². The predicted octanol–water partition coefficient (Wildman–Crippen LogP) is 4.10. The fraction of sp³-hybridized carbons (Fsp3) is 0.100. The third-order valence-electron chi connectivity index (χ3n) is 1.99. The largest absolute Gasteiger partial charge is 0.252 e. The van der Waals surface area contributed by atoms with Gasteiger partial charge in [-0.3, -0.25) is 4.98 Å². The molecule has 2 rings (SSSR count). The van der Waals surface area contributed by atoms with Gasteiger partial charge in [0.25, 0.3) is 0 Å². The van der Waals surface area contributed by atoms with E-state index in [4.69, 9.17) is 11.6 Å². The monoisotopic (exact) mass is 273 g/mol. The third-order valence-corrected chi connectivity index (χ3v) is 3.59. The van der Waals surface area contributed by atoms with Gasteiger partial charge in [0.05, 0.1) is 20.7 Å². The van der Waals surface area contributed by atoms with E-state index in [1.807, 2.05) is 6.92 Å². The topological polar surface area (TPSA) is 12.9 Å². The molecule has 1 heterocycles. The quantitative estimate of drug-likeness (QED) is 0.705. The van der Waals surface area contributed by atoms with Gasteiger partial charge in [0.1, 0.15) is 5.82 Å².